The molecule has 0 aliphatic heterocycles. The van der Waals surface area contributed by atoms with Crippen molar-refractivity contribution in [2.24, 2.45) is 0 Å². The van der Waals surface area contributed by atoms with Gasteiger partial charge in [-0.2, -0.15) is 0 Å². The summed E-state index contributed by atoms with van der Waals surface area (Å²) in [7, 11) is 1.59. The smallest absolute Gasteiger partial charge is 0.122 e. The molecule has 3 heteroatoms. The molecule has 0 bridgehead atoms. The van der Waals surface area contributed by atoms with Crippen LogP contribution in [-0.2, 0) is 4.74 Å². The van der Waals surface area contributed by atoms with Crippen LogP contribution >= 0.6 is 0 Å². The highest BCUT2D eigenvalue weighted by atomic mass is 19.1. The number of hydrogen-bond donors (Lipinski definition) is 1. The van der Waals surface area contributed by atoms with E-state index in [9.17, 15) is 4.39 Å². The molecule has 2 nitrogen and oxygen atoms in total. The Balaban J connectivity index is 5.88. The summed E-state index contributed by atoms with van der Waals surface area (Å²) in [6.45, 7) is 11.3. The van der Waals surface area contributed by atoms with Gasteiger partial charge in [-0.1, -0.05) is 25.2 Å². The van der Waals surface area contributed by atoms with Crippen LogP contribution in [0.3, 0.4) is 0 Å². The molecule has 0 unspecified atom stereocenters. The van der Waals surface area contributed by atoms with Crippen molar-refractivity contribution < 1.29 is 9.13 Å². The Morgan fingerprint density at radius 3 is 2.23 bits per heavy atom. The second-order valence-electron chi connectivity index (χ2n) is 5.00. The van der Waals surface area contributed by atoms with Crippen molar-refractivity contribution in [3.8, 4) is 0 Å². The topological polar surface area (TPSA) is 33.1 Å². The van der Waals surface area contributed by atoms with E-state index in [1.807, 2.05) is 33.8 Å². The van der Waals surface area contributed by atoms with Gasteiger partial charge in [0.05, 0.1) is 7.11 Å². The van der Waals surface area contributed by atoms with E-state index in [4.69, 9.17) is 10.1 Å². The molecule has 0 saturated heterocycles. The molecule has 120 valence electrons. The maximum atomic E-state index is 13.2. The molecule has 0 fully saturated rings. The van der Waals surface area contributed by atoms with E-state index in [0.717, 1.165) is 28.7 Å². The van der Waals surface area contributed by atoms with E-state index in [1.165, 1.54) is 18.4 Å². The van der Waals surface area contributed by atoms with Crippen molar-refractivity contribution in [2.75, 3.05) is 7.11 Å². The van der Waals surface area contributed by atoms with Crippen LogP contribution in [0, 0.1) is 5.41 Å². The number of rotatable bonds is 8. The van der Waals surface area contributed by atoms with E-state index in [0.29, 0.717) is 5.76 Å². The molecule has 0 aromatic carbocycles. The average Bonchev–Trinajstić information content (AvgIpc) is 2.51. The third-order valence-electron chi connectivity index (χ3n) is 3.02. The predicted molar refractivity (Wildman–Crippen MR) is 93.8 cm³/mol. The molecule has 0 aromatic rings. The Morgan fingerprint density at radius 1 is 1.18 bits per heavy atom. The van der Waals surface area contributed by atoms with Crippen LogP contribution in [0.25, 0.3) is 0 Å². The fourth-order valence-corrected chi connectivity index (χ4v) is 1.77. The number of halogens is 1. The maximum absolute atomic E-state index is 13.2. The number of nitrogens with one attached hydrogen (secondary N) is 1. The fourth-order valence-electron chi connectivity index (χ4n) is 1.77. The molecule has 0 spiro atoms. The van der Waals surface area contributed by atoms with Gasteiger partial charge in [-0.15, -0.1) is 0 Å². The zero-order valence-corrected chi connectivity index (χ0v) is 14.2. The zero-order chi connectivity index (χ0) is 17.1. The first-order chi connectivity index (χ1) is 10.4. The van der Waals surface area contributed by atoms with Crippen molar-refractivity contribution in [1.29, 1.82) is 5.41 Å². The molecule has 0 atom stereocenters. The molecule has 0 aromatic heterocycles. The van der Waals surface area contributed by atoms with Crippen molar-refractivity contribution in [2.45, 2.75) is 34.1 Å². The predicted octanol–water partition coefficient (Wildman–Crippen LogP) is 5.82. The molecule has 0 saturated carbocycles. The van der Waals surface area contributed by atoms with Crippen molar-refractivity contribution >= 4 is 6.21 Å². The third kappa shape index (κ3) is 7.02. The lowest BCUT2D eigenvalue weighted by Gasteiger charge is -2.11. The van der Waals surface area contributed by atoms with Crippen LogP contribution in [0.1, 0.15) is 34.1 Å². The van der Waals surface area contributed by atoms with Gasteiger partial charge in [0.25, 0.3) is 0 Å². The molecule has 1 N–H and O–H groups in total. The highest BCUT2D eigenvalue weighted by Crippen LogP contribution is 2.22. The van der Waals surface area contributed by atoms with Gasteiger partial charge in [-0.3, -0.25) is 0 Å². The second-order valence-corrected chi connectivity index (χ2v) is 5.00. The SMILES string of the molecule is C=C/C(F)=C\C=C(/CC)C(/C=C(\C=C(/C)C=N)OC)=C(C)C. The molecule has 0 rings (SSSR count). The lowest BCUT2D eigenvalue weighted by Crippen LogP contribution is -1.93. The third-order valence-corrected chi connectivity index (χ3v) is 3.02. The normalized spacial score (nSPS) is 13.7. The molecule has 0 heterocycles. The molecule has 0 amide bonds. The summed E-state index contributed by atoms with van der Waals surface area (Å²) in [4.78, 5) is 0. The molecular formula is C19H26FNO. The largest absolute Gasteiger partial charge is 0.497 e. The van der Waals surface area contributed by atoms with Gasteiger partial charge in [-0.25, -0.2) is 4.39 Å². The van der Waals surface area contributed by atoms with Gasteiger partial charge in [0.1, 0.15) is 11.6 Å². The van der Waals surface area contributed by atoms with Crippen LogP contribution in [0.4, 0.5) is 4.39 Å². The van der Waals surface area contributed by atoms with Crippen LogP contribution < -0.4 is 0 Å². The van der Waals surface area contributed by atoms with Gasteiger partial charge in [0, 0.05) is 6.21 Å². The Labute approximate surface area is 133 Å². The average molecular weight is 303 g/mol. The summed E-state index contributed by atoms with van der Waals surface area (Å²) in [5, 5.41) is 7.24. The maximum Gasteiger partial charge on any atom is 0.122 e. The highest BCUT2D eigenvalue weighted by Gasteiger charge is 2.05. The number of hydrogen-bond acceptors (Lipinski definition) is 2. The summed E-state index contributed by atoms with van der Waals surface area (Å²) < 4.78 is 18.6. The van der Waals surface area contributed by atoms with E-state index in [2.05, 4.69) is 6.58 Å². The molecule has 0 aliphatic carbocycles. The molecule has 0 aliphatic rings. The van der Waals surface area contributed by atoms with E-state index >= 15 is 0 Å². The van der Waals surface area contributed by atoms with Crippen molar-refractivity contribution in [3.05, 3.63) is 70.8 Å². The quantitative estimate of drug-likeness (QED) is 0.342. The minimum Gasteiger partial charge on any atom is -0.497 e. The number of allylic oxidation sites excluding steroid dienone is 10. The summed E-state index contributed by atoms with van der Waals surface area (Å²) in [6, 6.07) is 0. The Kier molecular flexibility index (Phi) is 9.51. The first-order valence-corrected chi connectivity index (χ1v) is 7.20. The number of ether oxygens (including phenoxy) is 1. The highest BCUT2D eigenvalue weighted by molar-refractivity contribution is 5.75. The van der Waals surface area contributed by atoms with Crippen LogP contribution in [0.15, 0.2) is 70.8 Å². The zero-order valence-electron chi connectivity index (χ0n) is 14.2. The first-order valence-electron chi connectivity index (χ1n) is 7.20. The minimum atomic E-state index is -0.366. The second kappa shape index (κ2) is 10.6. The van der Waals surface area contributed by atoms with Crippen molar-refractivity contribution in [1.82, 2.24) is 0 Å². The summed E-state index contributed by atoms with van der Waals surface area (Å²) in [6.07, 6.45) is 10.1. The summed E-state index contributed by atoms with van der Waals surface area (Å²) in [5.74, 6) is 0.291. The van der Waals surface area contributed by atoms with Gasteiger partial charge in [0.2, 0.25) is 0 Å². The van der Waals surface area contributed by atoms with Crippen LogP contribution in [0.2, 0.25) is 0 Å². The molecule has 0 radical (unpaired) electrons. The van der Waals surface area contributed by atoms with E-state index in [-0.39, 0.29) is 5.83 Å². The molecule has 22 heavy (non-hydrogen) atoms. The Bertz CT molecular complexity index is 556. The lowest BCUT2D eigenvalue weighted by atomic mass is 9.97. The lowest BCUT2D eigenvalue weighted by molar-refractivity contribution is 0.306. The van der Waals surface area contributed by atoms with Gasteiger partial charge < -0.3 is 10.1 Å². The fraction of sp³-hybridized carbons (Fsp3) is 0.316. The van der Waals surface area contributed by atoms with Gasteiger partial charge in [-0.05, 0) is 68.2 Å². The monoisotopic (exact) mass is 303 g/mol. The van der Waals surface area contributed by atoms with E-state index < -0.39 is 0 Å². The Hall–Kier alpha value is -2.16. The molecular weight excluding hydrogens is 277 g/mol. The first kappa shape index (κ1) is 19.8. The Morgan fingerprint density at radius 2 is 1.82 bits per heavy atom. The van der Waals surface area contributed by atoms with E-state index in [1.54, 1.807) is 19.3 Å². The van der Waals surface area contributed by atoms with Gasteiger partial charge in [0.15, 0.2) is 0 Å². The van der Waals surface area contributed by atoms with Crippen LogP contribution in [-0.4, -0.2) is 13.3 Å². The van der Waals surface area contributed by atoms with Crippen molar-refractivity contribution in [3.63, 3.8) is 0 Å². The van der Waals surface area contributed by atoms with Gasteiger partial charge >= 0.3 is 0 Å². The standard InChI is InChI=1S/C19H26FNO/c1-7-16(9-10-17(20)8-2)19(14(3)4)12-18(22-6)11-15(5)13-21/h8-13,21H,2,7H2,1,3-6H3/b15-11+,16-9+,17-10+,18-12+,21-13?. The summed E-state index contributed by atoms with van der Waals surface area (Å²) in [5.41, 5.74) is 3.91. The number of methoxy groups -OCH3 is 1. The van der Waals surface area contributed by atoms with Crippen LogP contribution in [0.5, 0.6) is 0 Å². The minimum absolute atomic E-state index is 0.366. The summed E-state index contributed by atoms with van der Waals surface area (Å²) >= 11 is 0.